The van der Waals surface area contributed by atoms with Crippen LogP contribution in [-0.2, 0) is 13.2 Å². The van der Waals surface area contributed by atoms with Gasteiger partial charge in [0.25, 0.3) is 0 Å². The van der Waals surface area contributed by atoms with Crippen molar-refractivity contribution in [3.63, 3.8) is 0 Å². The Morgan fingerprint density at radius 2 is 2.10 bits per heavy atom. The van der Waals surface area contributed by atoms with Crippen LogP contribution >= 0.6 is 15.9 Å². The zero-order valence-electron chi connectivity index (χ0n) is 12.0. The summed E-state index contributed by atoms with van der Waals surface area (Å²) >= 11 is 3.48. The van der Waals surface area contributed by atoms with Crippen LogP contribution in [0.5, 0.6) is 5.75 Å². The first-order valence-electron chi connectivity index (χ1n) is 7.41. The Balaban J connectivity index is 1.62. The van der Waals surface area contributed by atoms with E-state index in [9.17, 15) is 0 Å². The number of rotatable bonds is 5. The fourth-order valence-corrected chi connectivity index (χ4v) is 3.19. The first-order valence-corrected chi connectivity index (χ1v) is 8.21. The maximum Gasteiger partial charge on any atom is 0.132 e. The quantitative estimate of drug-likeness (QED) is 0.892. The maximum atomic E-state index is 5.81. The second-order valence-electron chi connectivity index (χ2n) is 5.47. The van der Waals surface area contributed by atoms with E-state index in [0.717, 1.165) is 21.5 Å². The Kier molecular flexibility index (Phi) is 4.60. The van der Waals surface area contributed by atoms with E-state index < -0.39 is 0 Å². The molecule has 1 saturated carbocycles. The van der Waals surface area contributed by atoms with Crippen LogP contribution in [0, 0.1) is 0 Å². The van der Waals surface area contributed by atoms with Gasteiger partial charge in [0, 0.05) is 17.2 Å². The van der Waals surface area contributed by atoms with E-state index in [2.05, 4.69) is 31.9 Å². The molecule has 0 bridgehead atoms. The van der Waals surface area contributed by atoms with E-state index in [1.807, 2.05) is 24.3 Å². The topological polar surface area (TPSA) is 53.1 Å². The minimum absolute atomic E-state index is 0.491. The number of nitrogens with zero attached hydrogens (tertiary/aromatic N) is 2. The molecule has 0 atom stereocenters. The van der Waals surface area contributed by atoms with Crippen LogP contribution in [0.3, 0.4) is 0 Å². The Labute approximate surface area is 133 Å². The highest BCUT2D eigenvalue weighted by atomic mass is 79.9. The van der Waals surface area contributed by atoms with Crippen LogP contribution < -0.4 is 10.5 Å². The van der Waals surface area contributed by atoms with Crippen molar-refractivity contribution in [2.45, 2.75) is 44.9 Å². The Morgan fingerprint density at radius 3 is 2.86 bits per heavy atom. The molecule has 0 unspecified atom stereocenters. The fraction of sp³-hybridized carbons (Fsp3) is 0.438. The molecule has 1 fully saturated rings. The van der Waals surface area contributed by atoms with Gasteiger partial charge >= 0.3 is 0 Å². The molecule has 0 radical (unpaired) electrons. The second kappa shape index (κ2) is 6.62. The predicted molar refractivity (Wildman–Crippen MR) is 86.1 cm³/mol. The van der Waals surface area contributed by atoms with Crippen molar-refractivity contribution in [2.75, 3.05) is 0 Å². The lowest BCUT2D eigenvalue weighted by Gasteiger charge is -2.09. The van der Waals surface area contributed by atoms with Gasteiger partial charge in [-0.15, -0.1) is 0 Å². The maximum absolute atomic E-state index is 5.81. The average Bonchev–Trinajstić information content (AvgIpc) is 3.17. The van der Waals surface area contributed by atoms with E-state index >= 15 is 0 Å². The molecule has 21 heavy (non-hydrogen) atoms. The van der Waals surface area contributed by atoms with Crippen LogP contribution in [0.4, 0.5) is 0 Å². The summed E-state index contributed by atoms with van der Waals surface area (Å²) in [5.74, 6) is 0.828. The minimum Gasteiger partial charge on any atom is -0.487 e. The highest BCUT2D eigenvalue weighted by Gasteiger charge is 2.17. The summed E-state index contributed by atoms with van der Waals surface area (Å²) in [6.45, 7) is 0.986. The first-order chi connectivity index (χ1) is 10.3. The Morgan fingerprint density at radius 1 is 1.29 bits per heavy atom. The Bertz CT molecular complexity index is 605. The average molecular weight is 350 g/mol. The van der Waals surface area contributed by atoms with Gasteiger partial charge in [0.05, 0.1) is 11.7 Å². The summed E-state index contributed by atoms with van der Waals surface area (Å²) < 4.78 is 8.93. The van der Waals surface area contributed by atoms with Gasteiger partial charge in [0.1, 0.15) is 12.4 Å². The SMILES string of the molecule is NCc1cc(OCc2ccn(C3CCCC3)n2)ccc1Br. The third-order valence-electron chi connectivity index (χ3n) is 3.99. The van der Waals surface area contributed by atoms with Gasteiger partial charge in [-0.3, -0.25) is 4.68 Å². The second-order valence-corrected chi connectivity index (χ2v) is 6.33. The number of hydrogen-bond acceptors (Lipinski definition) is 3. The van der Waals surface area contributed by atoms with Gasteiger partial charge < -0.3 is 10.5 Å². The third-order valence-corrected chi connectivity index (χ3v) is 4.76. The summed E-state index contributed by atoms with van der Waals surface area (Å²) in [6, 6.07) is 8.50. The van der Waals surface area contributed by atoms with Crippen LogP contribution in [0.2, 0.25) is 0 Å². The van der Waals surface area contributed by atoms with Crippen LogP contribution in [0.25, 0.3) is 0 Å². The molecule has 2 N–H and O–H groups in total. The molecule has 0 saturated heterocycles. The van der Waals surface area contributed by atoms with Gasteiger partial charge in [-0.25, -0.2) is 0 Å². The smallest absolute Gasteiger partial charge is 0.132 e. The summed E-state index contributed by atoms with van der Waals surface area (Å²) in [5, 5.41) is 4.63. The van der Waals surface area contributed by atoms with Gasteiger partial charge in [-0.2, -0.15) is 5.10 Å². The van der Waals surface area contributed by atoms with Crippen molar-refractivity contribution >= 4 is 15.9 Å². The summed E-state index contributed by atoms with van der Waals surface area (Å²) in [5.41, 5.74) is 7.72. The molecule has 1 aromatic carbocycles. The molecule has 3 rings (SSSR count). The lowest BCUT2D eigenvalue weighted by Crippen LogP contribution is -2.06. The fourth-order valence-electron chi connectivity index (χ4n) is 2.78. The summed E-state index contributed by atoms with van der Waals surface area (Å²) in [4.78, 5) is 0. The number of ether oxygens (including phenoxy) is 1. The third kappa shape index (κ3) is 3.47. The number of aromatic nitrogens is 2. The highest BCUT2D eigenvalue weighted by molar-refractivity contribution is 9.10. The van der Waals surface area contributed by atoms with Crippen LogP contribution in [0.1, 0.15) is 43.0 Å². The molecule has 1 heterocycles. The number of benzene rings is 1. The van der Waals surface area contributed by atoms with Crippen molar-refractivity contribution in [1.29, 1.82) is 0 Å². The molecule has 1 aliphatic carbocycles. The zero-order valence-corrected chi connectivity index (χ0v) is 13.6. The number of halogens is 1. The highest BCUT2D eigenvalue weighted by Crippen LogP contribution is 2.29. The van der Waals surface area contributed by atoms with Crippen molar-refractivity contribution in [1.82, 2.24) is 9.78 Å². The van der Waals surface area contributed by atoms with Crippen LogP contribution in [0.15, 0.2) is 34.9 Å². The molecule has 2 aromatic rings. The first kappa shape index (κ1) is 14.6. The monoisotopic (exact) mass is 349 g/mol. The molecule has 1 aliphatic rings. The lowest BCUT2D eigenvalue weighted by atomic mass is 10.2. The molecule has 1 aromatic heterocycles. The minimum atomic E-state index is 0.491. The molecular weight excluding hydrogens is 330 g/mol. The van der Waals surface area contributed by atoms with Gasteiger partial charge in [0.2, 0.25) is 0 Å². The molecule has 0 spiro atoms. The largest absolute Gasteiger partial charge is 0.487 e. The van der Waals surface area contributed by atoms with Gasteiger partial charge in [0.15, 0.2) is 0 Å². The lowest BCUT2D eigenvalue weighted by molar-refractivity contribution is 0.297. The predicted octanol–water partition coefficient (Wildman–Crippen LogP) is 3.80. The molecule has 112 valence electrons. The molecule has 5 heteroatoms. The number of hydrogen-bond donors (Lipinski definition) is 1. The van der Waals surface area contributed by atoms with E-state index in [-0.39, 0.29) is 0 Å². The normalized spacial score (nSPS) is 15.5. The molecule has 0 aliphatic heterocycles. The van der Waals surface area contributed by atoms with Crippen molar-refractivity contribution in [3.05, 3.63) is 46.2 Å². The standard InChI is InChI=1S/C16H20BrN3O/c17-16-6-5-15(9-12(16)10-18)21-11-13-7-8-20(19-13)14-3-1-2-4-14/h5-9,14H,1-4,10-11,18H2. The van der Waals surface area contributed by atoms with E-state index in [1.165, 1.54) is 25.7 Å². The Hall–Kier alpha value is -1.33. The van der Waals surface area contributed by atoms with E-state index in [1.54, 1.807) is 0 Å². The van der Waals surface area contributed by atoms with Gasteiger partial charge in [-0.05, 0) is 42.7 Å². The van der Waals surface area contributed by atoms with Crippen LogP contribution in [-0.4, -0.2) is 9.78 Å². The van der Waals surface area contributed by atoms with Crippen molar-refractivity contribution < 1.29 is 4.74 Å². The molecule has 4 nitrogen and oxygen atoms in total. The molecular formula is C16H20BrN3O. The van der Waals surface area contributed by atoms with E-state index in [0.29, 0.717) is 19.2 Å². The summed E-state index contributed by atoms with van der Waals surface area (Å²) in [7, 11) is 0. The van der Waals surface area contributed by atoms with Crippen molar-refractivity contribution in [3.8, 4) is 5.75 Å². The van der Waals surface area contributed by atoms with Gasteiger partial charge in [-0.1, -0.05) is 28.8 Å². The zero-order chi connectivity index (χ0) is 14.7. The van der Waals surface area contributed by atoms with E-state index in [4.69, 9.17) is 10.5 Å². The van der Waals surface area contributed by atoms with Crippen molar-refractivity contribution in [2.24, 2.45) is 5.73 Å². The summed E-state index contributed by atoms with van der Waals surface area (Å²) in [6.07, 6.45) is 7.19. The number of nitrogens with two attached hydrogens (primary N) is 1. The molecule has 0 amide bonds.